The van der Waals surface area contributed by atoms with Crippen molar-refractivity contribution >= 4 is 17.2 Å². The molecule has 0 saturated heterocycles. The van der Waals surface area contributed by atoms with Gasteiger partial charge < -0.3 is 9.64 Å². The Balaban J connectivity index is 2.52. The summed E-state index contributed by atoms with van der Waals surface area (Å²) in [6.45, 7) is 3.84. The Morgan fingerprint density at radius 1 is 1.60 bits per heavy atom. The Hall–Kier alpha value is -0.870. The Morgan fingerprint density at radius 2 is 2.40 bits per heavy atom. The molecule has 0 aliphatic heterocycles. The lowest BCUT2D eigenvalue weighted by molar-refractivity contribution is -0.132. The number of amides is 1. The summed E-state index contributed by atoms with van der Waals surface area (Å²) in [6, 6.07) is 2.05. The summed E-state index contributed by atoms with van der Waals surface area (Å²) in [5.41, 5.74) is 1.19. The zero-order valence-corrected chi connectivity index (χ0v) is 10.0. The van der Waals surface area contributed by atoms with Crippen LogP contribution in [0.5, 0.6) is 0 Å². The molecule has 84 valence electrons. The van der Waals surface area contributed by atoms with Crippen molar-refractivity contribution in [3.8, 4) is 0 Å². The highest BCUT2D eigenvalue weighted by Crippen LogP contribution is 2.10. The molecular formula is C11H17NO2S. The topological polar surface area (TPSA) is 29.5 Å². The Labute approximate surface area is 94.7 Å². The van der Waals surface area contributed by atoms with Crippen molar-refractivity contribution in [2.24, 2.45) is 0 Å². The number of carbonyl (C=O) groups excluding carboxylic acids is 1. The highest BCUT2D eigenvalue weighted by Gasteiger charge is 2.11. The van der Waals surface area contributed by atoms with Gasteiger partial charge >= 0.3 is 0 Å². The average Bonchev–Trinajstić information content (AvgIpc) is 2.75. The van der Waals surface area contributed by atoms with Crippen molar-refractivity contribution in [1.82, 2.24) is 4.90 Å². The van der Waals surface area contributed by atoms with Crippen molar-refractivity contribution in [2.75, 3.05) is 20.3 Å². The highest BCUT2D eigenvalue weighted by atomic mass is 32.1. The zero-order valence-electron chi connectivity index (χ0n) is 9.23. The third-order valence-electron chi connectivity index (χ3n) is 2.17. The number of carbonyl (C=O) groups is 1. The van der Waals surface area contributed by atoms with E-state index in [4.69, 9.17) is 4.74 Å². The summed E-state index contributed by atoms with van der Waals surface area (Å²) in [6.07, 6.45) is 0.549. The van der Waals surface area contributed by atoms with Gasteiger partial charge in [-0.15, -0.1) is 0 Å². The second-order valence-electron chi connectivity index (χ2n) is 3.29. The fourth-order valence-corrected chi connectivity index (χ4v) is 1.98. The van der Waals surface area contributed by atoms with E-state index in [-0.39, 0.29) is 5.91 Å². The predicted molar refractivity (Wildman–Crippen MR) is 61.9 cm³/mol. The number of nitrogens with zero attached hydrogens (tertiary/aromatic N) is 1. The summed E-state index contributed by atoms with van der Waals surface area (Å²) in [5, 5.41) is 4.10. The number of methoxy groups -OCH3 is 1. The molecule has 3 nitrogen and oxygen atoms in total. The number of ether oxygens (including phenoxy) is 1. The SMILES string of the molecule is CCC(=O)N(CCOC)Cc1ccsc1. The van der Waals surface area contributed by atoms with Crippen molar-refractivity contribution in [3.05, 3.63) is 22.4 Å². The van der Waals surface area contributed by atoms with E-state index in [2.05, 4.69) is 5.38 Å². The van der Waals surface area contributed by atoms with Gasteiger partial charge in [0.25, 0.3) is 0 Å². The van der Waals surface area contributed by atoms with Gasteiger partial charge in [0.15, 0.2) is 0 Å². The normalized spacial score (nSPS) is 10.3. The van der Waals surface area contributed by atoms with Gasteiger partial charge in [-0.2, -0.15) is 11.3 Å². The molecule has 0 radical (unpaired) electrons. The van der Waals surface area contributed by atoms with E-state index in [1.54, 1.807) is 18.4 Å². The molecule has 4 heteroatoms. The molecule has 0 N–H and O–H groups in total. The molecule has 1 amide bonds. The quantitative estimate of drug-likeness (QED) is 0.745. The fourth-order valence-electron chi connectivity index (χ4n) is 1.32. The first-order chi connectivity index (χ1) is 7.27. The number of thiophene rings is 1. The predicted octanol–water partition coefficient (Wildman–Crippen LogP) is 2.13. The van der Waals surface area contributed by atoms with Crippen LogP contribution in [0.1, 0.15) is 18.9 Å². The summed E-state index contributed by atoms with van der Waals surface area (Å²) < 4.78 is 4.99. The molecule has 0 aliphatic rings. The van der Waals surface area contributed by atoms with Crippen molar-refractivity contribution in [2.45, 2.75) is 19.9 Å². The van der Waals surface area contributed by atoms with E-state index < -0.39 is 0 Å². The monoisotopic (exact) mass is 227 g/mol. The van der Waals surface area contributed by atoms with Gasteiger partial charge in [0, 0.05) is 26.6 Å². The smallest absolute Gasteiger partial charge is 0.222 e. The second kappa shape index (κ2) is 6.58. The average molecular weight is 227 g/mol. The van der Waals surface area contributed by atoms with E-state index in [1.165, 1.54) is 5.56 Å². The summed E-state index contributed by atoms with van der Waals surface area (Å²) in [7, 11) is 1.65. The maximum Gasteiger partial charge on any atom is 0.222 e. The van der Waals surface area contributed by atoms with Crippen molar-refractivity contribution in [1.29, 1.82) is 0 Å². The van der Waals surface area contributed by atoms with Crippen molar-refractivity contribution in [3.63, 3.8) is 0 Å². The minimum absolute atomic E-state index is 0.179. The molecule has 1 heterocycles. The molecule has 1 rings (SSSR count). The molecule has 0 fully saturated rings. The van der Waals surface area contributed by atoms with Crippen LogP contribution >= 0.6 is 11.3 Å². The molecule has 0 atom stereocenters. The van der Waals surface area contributed by atoms with Gasteiger partial charge in [-0.25, -0.2) is 0 Å². The molecule has 15 heavy (non-hydrogen) atoms. The maximum atomic E-state index is 11.6. The highest BCUT2D eigenvalue weighted by molar-refractivity contribution is 7.07. The molecule has 1 aromatic heterocycles. The van der Waals surface area contributed by atoms with E-state index in [9.17, 15) is 4.79 Å². The standard InChI is InChI=1S/C11H17NO2S/c1-3-11(13)12(5-6-14-2)8-10-4-7-15-9-10/h4,7,9H,3,5-6,8H2,1-2H3. The molecule has 1 aromatic rings. The van der Waals surface area contributed by atoms with E-state index in [0.717, 1.165) is 0 Å². The van der Waals surface area contributed by atoms with E-state index in [0.29, 0.717) is 26.1 Å². The van der Waals surface area contributed by atoms with Gasteiger partial charge in [0.2, 0.25) is 5.91 Å². The lowest BCUT2D eigenvalue weighted by Gasteiger charge is -2.21. The third kappa shape index (κ3) is 4.01. The molecular weight excluding hydrogens is 210 g/mol. The van der Waals surface area contributed by atoms with Crippen LogP contribution in [0.2, 0.25) is 0 Å². The summed E-state index contributed by atoms with van der Waals surface area (Å²) in [5.74, 6) is 0.179. The molecule has 0 unspecified atom stereocenters. The van der Waals surface area contributed by atoms with Crippen molar-refractivity contribution < 1.29 is 9.53 Å². The first-order valence-corrected chi connectivity index (χ1v) is 6.00. The number of hydrogen-bond donors (Lipinski definition) is 0. The second-order valence-corrected chi connectivity index (χ2v) is 4.07. The van der Waals surface area contributed by atoms with Gasteiger partial charge in [-0.1, -0.05) is 6.92 Å². The fraction of sp³-hybridized carbons (Fsp3) is 0.545. The molecule has 0 aliphatic carbocycles. The van der Waals surface area contributed by atoms with Gasteiger partial charge in [-0.3, -0.25) is 4.79 Å². The van der Waals surface area contributed by atoms with Gasteiger partial charge in [0.05, 0.1) is 6.61 Å². The van der Waals surface area contributed by atoms with Crippen LogP contribution in [0.25, 0.3) is 0 Å². The van der Waals surface area contributed by atoms with Crippen LogP contribution in [0, 0.1) is 0 Å². The van der Waals surface area contributed by atoms with Crippen LogP contribution < -0.4 is 0 Å². The molecule has 0 spiro atoms. The van der Waals surface area contributed by atoms with E-state index >= 15 is 0 Å². The first-order valence-electron chi connectivity index (χ1n) is 5.05. The number of hydrogen-bond acceptors (Lipinski definition) is 3. The zero-order chi connectivity index (χ0) is 11.1. The van der Waals surface area contributed by atoms with Gasteiger partial charge in [0.1, 0.15) is 0 Å². The van der Waals surface area contributed by atoms with Crippen LogP contribution in [-0.4, -0.2) is 31.1 Å². The van der Waals surface area contributed by atoms with Crippen LogP contribution in [0.4, 0.5) is 0 Å². The third-order valence-corrected chi connectivity index (χ3v) is 2.91. The maximum absolute atomic E-state index is 11.6. The lowest BCUT2D eigenvalue weighted by atomic mass is 10.3. The van der Waals surface area contributed by atoms with E-state index in [1.807, 2.05) is 23.3 Å². The van der Waals surface area contributed by atoms with Crippen LogP contribution in [-0.2, 0) is 16.1 Å². The molecule has 0 aromatic carbocycles. The van der Waals surface area contributed by atoms with Gasteiger partial charge in [-0.05, 0) is 22.4 Å². The minimum Gasteiger partial charge on any atom is -0.383 e. The Bertz CT molecular complexity index is 285. The molecule has 0 saturated carbocycles. The van der Waals surface area contributed by atoms with Crippen LogP contribution in [0.15, 0.2) is 16.8 Å². The number of rotatable bonds is 6. The first kappa shape index (κ1) is 12.2. The molecule has 0 bridgehead atoms. The largest absolute Gasteiger partial charge is 0.383 e. The Kier molecular flexibility index (Phi) is 5.36. The lowest BCUT2D eigenvalue weighted by Crippen LogP contribution is -2.32. The minimum atomic E-state index is 0.179. The Morgan fingerprint density at radius 3 is 2.93 bits per heavy atom. The summed E-state index contributed by atoms with van der Waals surface area (Å²) in [4.78, 5) is 13.5. The summed E-state index contributed by atoms with van der Waals surface area (Å²) >= 11 is 1.66. The van der Waals surface area contributed by atoms with Crippen LogP contribution in [0.3, 0.4) is 0 Å².